The van der Waals surface area contributed by atoms with Crippen molar-refractivity contribution in [2.45, 2.75) is 0 Å². The third-order valence-electron chi connectivity index (χ3n) is 3.27. The predicted octanol–water partition coefficient (Wildman–Crippen LogP) is -0.877. The number of aliphatic hydroxyl groups excluding tert-OH is 1. The summed E-state index contributed by atoms with van der Waals surface area (Å²) in [5, 5.41) is 22.6. The Labute approximate surface area is 121 Å². The second kappa shape index (κ2) is 6.50. The molecule has 0 saturated carbocycles. The second-order valence-electron chi connectivity index (χ2n) is 4.80. The number of aliphatic hydroxyl groups is 1. The van der Waals surface area contributed by atoms with Crippen LogP contribution >= 0.6 is 0 Å². The van der Waals surface area contributed by atoms with Crippen LogP contribution in [0.5, 0.6) is 0 Å². The fourth-order valence-electron chi connectivity index (χ4n) is 2.09. The summed E-state index contributed by atoms with van der Waals surface area (Å²) in [4.78, 5) is 22.8. The Morgan fingerprint density at radius 3 is 2.62 bits per heavy atom. The molecule has 0 amide bonds. The molecule has 21 heavy (non-hydrogen) atoms. The van der Waals surface area contributed by atoms with Crippen molar-refractivity contribution in [3.63, 3.8) is 0 Å². The molecule has 1 aromatic rings. The van der Waals surface area contributed by atoms with E-state index in [-0.39, 0.29) is 30.5 Å². The largest absolute Gasteiger partial charge is 0.395 e. The van der Waals surface area contributed by atoms with Gasteiger partial charge in [-0.05, 0) is 7.05 Å². The SMILES string of the molecule is CN1CCN(c2nc(N)c([N+](=O)[O-])c(NCCO)n2)CC1. The molecule has 116 valence electrons. The summed E-state index contributed by atoms with van der Waals surface area (Å²) in [7, 11) is 2.02. The van der Waals surface area contributed by atoms with E-state index in [0.717, 1.165) is 26.2 Å². The summed E-state index contributed by atoms with van der Waals surface area (Å²) in [6.07, 6.45) is 0. The highest BCUT2D eigenvalue weighted by Gasteiger charge is 2.25. The zero-order valence-electron chi connectivity index (χ0n) is 11.8. The number of nitrogen functional groups attached to an aromatic ring is 1. The Morgan fingerprint density at radius 1 is 1.38 bits per heavy atom. The number of nitro groups is 1. The summed E-state index contributed by atoms with van der Waals surface area (Å²) in [6, 6.07) is 0. The van der Waals surface area contributed by atoms with E-state index in [1.807, 2.05) is 11.9 Å². The van der Waals surface area contributed by atoms with Crippen LogP contribution in [-0.2, 0) is 0 Å². The van der Waals surface area contributed by atoms with Crippen LogP contribution in [0.1, 0.15) is 0 Å². The summed E-state index contributed by atoms with van der Waals surface area (Å²) in [5.41, 5.74) is 5.34. The first-order valence-electron chi connectivity index (χ1n) is 6.63. The van der Waals surface area contributed by atoms with E-state index < -0.39 is 4.92 Å². The smallest absolute Gasteiger partial charge is 0.353 e. The highest BCUT2D eigenvalue weighted by atomic mass is 16.6. The van der Waals surface area contributed by atoms with Gasteiger partial charge in [0.25, 0.3) is 0 Å². The van der Waals surface area contributed by atoms with Gasteiger partial charge in [0.1, 0.15) is 0 Å². The standard InChI is InChI=1S/C11H19N7O3/c1-16-3-5-17(6-4-16)11-14-9(12)8(18(20)21)10(15-11)13-2-7-19/h19H,2-7H2,1H3,(H3,12,13,14,15). The number of aromatic nitrogens is 2. The average Bonchev–Trinajstić information content (AvgIpc) is 2.44. The molecule has 4 N–H and O–H groups in total. The van der Waals surface area contributed by atoms with E-state index in [0.29, 0.717) is 5.95 Å². The van der Waals surface area contributed by atoms with Gasteiger partial charge < -0.3 is 26.0 Å². The topological polar surface area (TPSA) is 134 Å². The van der Waals surface area contributed by atoms with Gasteiger partial charge >= 0.3 is 5.69 Å². The van der Waals surface area contributed by atoms with Crippen LogP contribution in [0.4, 0.5) is 23.3 Å². The molecule has 1 aliphatic rings. The van der Waals surface area contributed by atoms with Crippen molar-refractivity contribution in [1.29, 1.82) is 0 Å². The Balaban J connectivity index is 2.30. The minimum atomic E-state index is -0.622. The third-order valence-corrected chi connectivity index (χ3v) is 3.27. The normalized spacial score (nSPS) is 16.0. The van der Waals surface area contributed by atoms with Crippen molar-refractivity contribution >= 4 is 23.3 Å². The average molecular weight is 297 g/mol. The van der Waals surface area contributed by atoms with Crippen molar-refractivity contribution in [3.8, 4) is 0 Å². The summed E-state index contributed by atoms with van der Waals surface area (Å²) in [5.74, 6) is 0.228. The highest BCUT2D eigenvalue weighted by Crippen LogP contribution is 2.30. The molecule has 0 spiro atoms. The minimum absolute atomic E-state index is 0.0375. The number of hydrogen-bond donors (Lipinski definition) is 3. The van der Waals surface area contributed by atoms with Gasteiger partial charge in [0.15, 0.2) is 0 Å². The zero-order chi connectivity index (χ0) is 15.4. The quantitative estimate of drug-likeness (QED) is 0.468. The van der Waals surface area contributed by atoms with Gasteiger partial charge in [-0.3, -0.25) is 10.1 Å². The molecule has 0 unspecified atom stereocenters. The van der Waals surface area contributed by atoms with Crippen LogP contribution in [0.3, 0.4) is 0 Å². The highest BCUT2D eigenvalue weighted by molar-refractivity contribution is 5.70. The fraction of sp³-hybridized carbons (Fsp3) is 0.636. The lowest BCUT2D eigenvalue weighted by atomic mass is 10.3. The molecule has 0 bridgehead atoms. The van der Waals surface area contributed by atoms with Crippen LogP contribution in [-0.4, -0.2) is 71.3 Å². The number of nitrogens with one attached hydrogen (secondary N) is 1. The van der Waals surface area contributed by atoms with E-state index >= 15 is 0 Å². The van der Waals surface area contributed by atoms with Gasteiger partial charge in [-0.15, -0.1) is 0 Å². The first-order chi connectivity index (χ1) is 10.0. The molecule has 0 radical (unpaired) electrons. The Morgan fingerprint density at radius 2 is 2.05 bits per heavy atom. The Bertz CT molecular complexity index is 517. The van der Waals surface area contributed by atoms with Gasteiger partial charge in [-0.25, -0.2) is 0 Å². The van der Waals surface area contributed by atoms with E-state index in [1.54, 1.807) is 0 Å². The molecule has 10 heteroatoms. The number of piperazine rings is 1. The van der Waals surface area contributed by atoms with Crippen LogP contribution in [0.25, 0.3) is 0 Å². The third kappa shape index (κ3) is 3.47. The van der Waals surface area contributed by atoms with Crippen LogP contribution in [0.2, 0.25) is 0 Å². The fourth-order valence-corrected chi connectivity index (χ4v) is 2.09. The predicted molar refractivity (Wildman–Crippen MR) is 78.4 cm³/mol. The number of nitrogens with zero attached hydrogens (tertiary/aromatic N) is 5. The zero-order valence-corrected chi connectivity index (χ0v) is 11.8. The lowest BCUT2D eigenvalue weighted by Gasteiger charge is -2.32. The second-order valence-corrected chi connectivity index (χ2v) is 4.80. The van der Waals surface area contributed by atoms with Crippen molar-refractivity contribution in [2.24, 2.45) is 0 Å². The molecule has 10 nitrogen and oxygen atoms in total. The van der Waals surface area contributed by atoms with Crippen molar-refractivity contribution in [1.82, 2.24) is 14.9 Å². The monoisotopic (exact) mass is 297 g/mol. The van der Waals surface area contributed by atoms with Crippen LogP contribution in [0.15, 0.2) is 0 Å². The van der Waals surface area contributed by atoms with E-state index in [4.69, 9.17) is 10.8 Å². The number of nitrogens with two attached hydrogens (primary N) is 1. The van der Waals surface area contributed by atoms with E-state index in [2.05, 4.69) is 20.2 Å². The van der Waals surface area contributed by atoms with Crippen LogP contribution in [0, 0.1) is 10.1 Å². The number of hydrogen-bond acceptors (Lipinski definition) is 9. The molecule has 1 fully saturated rings. The van der Waals surface area contributed by atoms with Crippen molar-refractivity contribution < 1.29 is 10.0 Å². The summed E-state index contributed by atoms with van der Waals surface area (Å²) in [6.45, 7) is 3.17. The molecule has 1 saturated heterocycles. The summed E-state index contributed by atoms with van der Waals surface area (Å²) >= 11 is 0. The maximum atomic E-state index is 11.1. The van der Waals surface area contributed by atoms with Crippen molar-refractivity contribution in [2.75, 3.05) is 62.3 Å². The number of anilines is 3. The van der Waals surface area contributed by atoms with E-state index in [1.165, 1.54) is 0 Å². The Hall–Kier alpha value is -2.20. The molecule has 0 aliphatic carbocycles. The molecule has 2 rings (SSSR count). The Kier molecular flexibility index (Phi) is 4.70. The van der Waals surface area contributed by atoms with Gasteiger partial charge in [0.05, 0.1) is 11.5 Å². The maximum Gasteiger partial charge on any atom is 0.353 e. The maximum absolute atomic E-state index is 11.1. The minimum Gasteiger partial charge on any atom is -0.395 e. The summed E-state index contributed by atoms with van der Waals surface area (Å²) < 4.78 is 0. The molecule has 2 heterocycles. The van der Waals surface area contributed by atoms with Gasteiger partial charge in [-0.2, -0.15) is 9.97 Å². The molecule has 0 atom stereocenters. The van der Waals surface area contributed by atoms with Gasteiger partial charge in [0, 0.05) is 32.7 Å². The lowest BCUT2D eigenvalue weighted by molar-refractivity contribution is -0.383. The number of rotatable bonds is 5. The molecular weight excluding hydrogens is 278 g/mol. The first-order valence-corrected chi connectivity index (χ1v) is 6.63. The molecule has 0 aromatic carbocycles. The van der Waals surface area contributed by atoms with Crippen LogP contribution < -0.4 is 16.0 Å². The lowest BCUT2D eigenvalue weighted by Crippen LogP contribution is -2.45. The molecule has 1 aliphatic heterocycles. The van der Waals surface area contributed by atoms with Crippen molar-refractivity contribution in [3.05, 3.63) is 10.1 Å². The van der Waals surface area contributed by atoms with Gasteiger partial charge in [0.2, 0.25) is 17.6 Å². The van der Waals surface area contributed by atoms with E-state index in [9.17, 15) is 10.1 Å². The molecule has 1 aromatic heterocycles. The van der Waals surface area contributed by atoms with Gasteiger partial charge in [-0.1, -0.05) is 0 Å². The first kappa shape index (κ1) is 15.2. The number of likely N-dealkylation sites (N-methyl/N-ethyl adjacent to an activating group) is 1. The molecular formula is C11H19N7O3.